The van der Waals surface area contributed by atoms with E-state index in [1.54, 1.807) is 80.9 Å². The molecule has 0 saturated carbocycles. The van der Waals surface area contributed by atoms with E-state index in [4.69, 9.17) is 9.47 Å². The maximum Gasteiger partial charge on any atom is 0.257 e. The van der Waals surface area contributed by atoms with Gasteiger partial charge < -0.3 is 25.0 Å². The monoisotopic (exact) mass is 475 g/mol. The van der Waals surface area contributed by atoms with E-state index < -0.39 is 0 Å². The van der Waals surface area contributed by atoms with Gasteiger partial charge in [0.05, 0.1) is 30.7 Å². The predicted molar refractivity (Wildman–Crippen MR) is 136 cm³/mol. The first-order valence-corrected chi connectivity index (χ1v) is 11.3. The number of carbonyl (C=O) groups excluding carboxylic acids is 3. The number of amides is 3. The Morgan fingerprint density at radius 2 is 1.63 bits per heavy atom. The first-order valence-electron chi connectivity index (χ1n) is 11.3. The third kappa shape index (κ3) is 6.83. The van der Waals surface area contributed by atoms with Crippen molar-refractivity contribution in [3.8, 4) is 11.5 Å². The van der Waals surface area contributed by atoms with E-state index in [0.717, 1.165) is 0 Å². The summed E-state index contributed by atoms with van der Waals surface area (Å²) in [6.07, 6.45) is -0.0349. The number of nitrogens with one attached hydrogen (secondary N) is 2. The second-order valence-corrected chi connectivity index (χ2v) is 7.63. The molecule has 8 nitrogen and oxygen atoms in total. The van der Waals surface area contributed by atoms with Gasteiger partial charge in [-0.05, 0) is 43.3 Å². The van der Waals surface area contributed by atoms with Crippen LogP contribution >= 0.6 is 0 Å². The predicted octanol–water partition coefficient (Wildman–Crippen LogP) is 4.73. The van der Waals surface area contributed by atoms with Crippen LogP contribution in [0.15, 0.2) is 72.8 Å². The average molecular weight is 476 g/mol. The third-order valence-electron chi connectivity index (χ3n) is 5.24. The summed E-state index contributed by atoms with van der Waals surface area (Å²) in [6.45, 7) is 2.34. The molecular formula is C27H29N3O5. The minimum absolute atomic E-state index is 0.0121. The first kappa shape index (κ1) is 25.3. The van der Waals surface area contributed by atoms with Crippen molar-refractivity contribution in [2.45, 2.75) is 19.8 Å². The number of para-hydroxylation sites is 3. The standard InChI is InChI=1S/C27H29N3O5/c1-4-35-24-15-8-6-13-22(24)29-25(31)16-17-26(32)30(2)23-14-7-5-12-21(23)27(33)28-19-10-9-11-20(18-19)34-3/h5-15,18H,4,16-17H2,1-3H3,(H,28,33)(H,29,31). The van der Waals surface area contributed by atoms with Gasteiger partial charge in [-0.25, -0.2) is 0 Å². The molecule has 0 unspecified atom stereocenters. The summed E-state index contributed by atoms with van der Waals surface area (Å²) in [5, 5.41) is 5.61. The van der Waals surface area contributed by atoms with Crippen molar-refractivity contribution >= 4 is 34.8 Å². The Kier molecular flexibility index (Phi) is 8.83. The maximum atomic E-state index is 13.0. The van der Waals surface area contributed by atoms with Crippen molar-refractivity contribution in [2.24, 2.45) is 0 Å². The van der Waals surface area contributed by atoms with E-state index in [1.165, 1.54) is 4.90 Å². The number of anilines is 3. The number of nitrogens with zero attached hydrogens (tertiary/aromatic N) is 1. The van der Waals surface area contributed by atoms with Crippen LogP contribution in [0.5, 0.6) is 11.5 Å². The fourth-order valence-electron chi connectivity index (χ4n) is 3.44. The minimum Gasteiger partial charge on any atom is -0.497 e. The van der Waals surface area contributed by atoms with Crippen molar-refractivity contribution in [3.63, 3.8) is 0 Å². The Morgan fingerprint density at radius 1 is 0.886 bits per heavy atom. The fraction of sp³-hybridized carbons (Fsp3) is 0.222. The van der Waals surface area contributed by atoms with E-state index >= 15 is 0 Å². The van der Waals surface area contributed by atoms with Crippen LogP contribution in [0.25, 0.3) is 0 Å². The number of hydrogen-bond acceptors (Lipinski definition) is 5. The summed E-state index contributed by atoms with van der Waals surface area (Å²) in [4.78, 5) is 39.7. The molecule has 0 heterocycles. The zero-order valence-corrected chi connectivity index (χ0v) is 20.0. The second kappa shape index (κ2) is 12.2. The van der Waals surface area contributed by atoms with Gasteiger partial charge in [0.25, 0.3) is 5.91 Å². The molecule has 0 atom stereocenters. The van der Waals surface area contributed by atoms with Crippen LogP contribution in [-0.4, -0.2) is 38.5 Å². The summed E-state index contributed by atoms with van der Waals surface area (Å²) < 4.78 is 10.7. The Bertz CT molecular complexity index is 1190. The number of ether oxygens (including phenoxy) is 2. The molecule has 2 N–H and O–H groups in total. The largest absolute Gasteiger partial charge is 0.497 e. The number of carbonyl (C=O) groups is 3. The Balaban J connectivity index is 1.64. The zero-order chi connectivity index (χ0) is 25.2. The van der Waals surface area contributed by atoms with Gasteiger partial charge in [0.15, 0.2) is 0 Å². The molecular weight excluding hydrogens is 446 g/mol. The zero-order valence-electron chi connectivity index (χ0n) is 20.0. The van der Waals surface area contributed by atoms with Gasteiger partial charge in [-0.2, -0.15) is 0 Å². The van der Waals surface area contributed by atoms with Crippen LogP contribution in [0.1, 0.15) is 30.1 Å². The molecule has 35 heavy (non-hydrogen) atoms. The highest BCUT2D eigenvalue weighted by Gasteiger charge is 2.20. The molecule has 3 amide bonds. The molecule has 0 aromatic heterocycles. The molecule has 3 aromatic rings. The maximum absolute atomic E-state index is 13.0. The van der Waals surface area contributed by atoms with E-state index in [0.29, 0.717) is 40.7 Å². The number of rotatable bonds is 10. The summed E-state index contributed by atoms with van der Waals surface area (Å²) in [7, 11) is 3.14. The molecule has 0 aliphatic heterocycles. The molecule has 0 aliphatic rings. The van der Waals surface area contributed by atoms with E-state index in [1.807, 2.05) is 13.0 Å². The van der Waals surface area contributed by atoms with Gasteiger partial charge in [-0.1, -0.05) is 30.3 Å². The lowest BCUT2D eigenvalue weighted by molar-refractivity contribution is -0.122. The van der Waals surface area contributed by atoms with Crippen LogP contribution in [-0.2, 0) is 9.59 Å². The lowest BCUT2D eigenvalue weighted by Crippen LogP contribution is -2.29. The molecule has 0 saturated heterocycles. The Labute approximate surface area is 204 Å². The van der Waals surface area contributed by atoms with Crippen molar-refractivity contribution < 1.29 is 23.9 Å². The number of hydrogen-bond donors (Lipinski definition) is 2. The molecule has 3 rings (SSSR count). The molecule has 3 aromatic carbocycles. The molecule has 182 valence electrons. The molecule has 0 radical (unpaired) electrons. The smallest absolute Gasteiger partial charge is 0.257 e. The van der Waals surface area contributed by atoms with E-state index in [-0.39, 0.29) is 30.6 Å². The van der Waals surface area contributed by atoms with Crippen LogP contribution in [0.4, 0.5) is 17.1 Å². The Morgan fingerprint density at radius 3 is 2.40 bits per heavy atom. The summed E-state index contributed by atoms with van der Waals surface area (Å²) in [6, 6.07) is 21.0. The second-order valence-electron chi connectivity index (χ2n) is 7.63. The van der Waals surface area contributed by atoms with Crippen LogP contribution in [0, 0.1) is 0 Å². The normalized spacial score (nSPS) is 10.3. The van der Waals surface area contributed by atoms with Crippen molar-refractivity contribution in [1.29, 1.82) is 0 Å². The molecule has 8 heteroatoms. The van der Waals surface area contributed by atoms with Crippen LogP contribution in [0.3, 0.4) is 0 Å². The number of methoxy groups -OCH3 is 1. The Hall–Kier alpha value is -4.33. The third-order valence-corrected chi connectivity index (χ3v) is 5.24. The fourth-order valence-corrected chi connectivity index (χ4v) is 3.44. The molecule has 0 spiro atoms. The SMILES string of the molecule is CCOc1ccccc1NC(=O)CCC(=O)N(C)c1ccccc1C(=O)Nc1cccc(OC)c1. The summed E-state index contributed by atoms with van der Waals surface area (Å²) in [5.74, 6) is 0.231. The van der Waals surface area contributed by atoms with Gasteiger partial charge >= 0.3 is 0 Å². The van der Waals surface area contributed by atoms with Gasteiger partial charge in [0.2, 0.25) is 11.8 Å². The lowest BCUT2D eigenvalue weighted by atomic mass is 10.1. The van der Waals surface area contributed by atoms with Gasteiger partial charge in [-0.15, -0.1) is 0 Å². The van der Waals surface area contributed by atoms with Gasteiger partial charge in [0.1, 0.15) is 11.5 Å². The quantitative estimate of drug-likeness (QED) is 0.442. The van der Waals surface area contributed by atoms with E-state index in [9.17, 15) is 14.4 Å². The first-order chi connectivity index (χ1) is 16.9. The minimum atomic E-state index is -0.362. The van der Waals surface area contributed by atoms with Crippen LogP contribution in [0.2, 0.25) is 0 Å². The summed E-state index contributed by atoms with van der Waals surface area (Å²) in [5.41, 5.74) is 1.91. The van der Waals surface area contributed by atoms with Gasteiger partial charge in [-0.3, -0.25) is 14.4 Å². The highest BCUT2D eigenvalue weighted by atomic mass is 16.5. The van der Waals surface area contributed by atoms with Crippen LogP contribution < -0.4 is 25.0 Å². The van der Waals surface area contributed by atoms with Gasteiger partial charge in [0, 0.05) is 31.6 Å². The van der Waals surface area contributed by atoms with Crippen molar-refractivity contribution in [2.75, 3.05) is 36.3 Å². The molecule has 0 bridgehead atoms. The summed E-state index contributed by atoms with van der Waals surface area (Å²) >= 11 is 0. The highest BCUT2D eigenvalue weighted by Crippen LogP contribution is 2.25. The molecule has 0 aliphatic carbocycles. The van der Waals surface area contributed by atoms with Crippen molar-refractivity contribution in [3.05, 3.63) is 78.4 Å². The van der Waals surface area contributed by atoms with E-state index in [2.05, 4.69) is 10.6 Å². The van der Waals surface area contributed by atoms with Crippen molar-refractivity contribution in [1.82, 2.24) is 0 Å². The average Bonchev–Trinajstić information content (AvgIpc) is 2.88. The highest BCUT2D eigenvalue weighted by molar-refractivity contribution is 6.10. The topological polar surface area (TPSA) is 97.0 Å². The number of benzene rings is 3. The lowest BCUT2D eigenvalue weighted by Gasteiger charge is -2.20. The molecule has 0 fully saturated rings.